The van der Waals surface area contributed by atoms with E-state index in [1.807, 2.05) is 37.3 Å². The van der Waals surface area contributed by atoms with E-state index in [1.54, 1.807) is 12.3 Å². The number of rotatable bonds is 2. The van der Waals surface area contributed by atoms with Crippen LogP contribution in [0.1, 0.15) is 36.1 Å². The summed E-state index contributed by atoms with van der Waals surface area (Å²) >= 11 is 0. The van der Waals surface area contributed by atoms with Gasteiger partial charge < -0.3 is 15.2 Å². The molecule has 1 aliphatic carbocycles. The van der Waals surface area contributed by atoms with Gasteiger partial charge in [0.05, 0.1) is 22.5 Å². The van der Waals surface area contributed by atoms with E-state index in [4.69, 9.17) is 5.26 Å². The highest BCUT2D eigenvalue weighted by Crippen LogP contribution is 2.29. The Balaban J connectivity index is 0.000000152. The Kier molecular flexibility index (Phi) is 6.44. The number of hydrogen-bond acceptors (Lipinski definition) is 5. The standard InChI is InChI=1S/C14H14N2O.C11H13N3/c1-9-12(10-5-2-3-6-10)16-14(17)11-7-4-8-15-13(9)11;12-9-10-1-3-11(4-2-10)14-7-5-13-6-8-14/h4-5,7-8H,2-3,6H2,1H3,(H,16,17);1-4,13H,5-8H2. The molecule has 0 spiro atoms. The molecule has 0 amide bonds. The monoisotopic (exact) mass is 413 g/mol. The van der Waals surface area contributed by atoms with Crippen LogP contribution in [-0.4, -0.2) is 36.1 Å². The van der Waals surface area contributed by atoms with Crippen molar-refractivity contribution in [2.45, 2.75) is 26.2 Å². The first-order chi connectivity index (χ1) is 15.2. The lowest BCUT2D eigenvalue weighted by molar-refractivity contribution is 0.589. The minimum atomic E-state index is -0.0403. The van der Waals surface area contributed by atoms with E-state index >= 15 is 0 Å². The number of fused-ring (bicyclic) bond motifs is 1. The third kappa shape index (κ3) is 4.68. The SMILES string of the molecule is Cc1c(C2=CCCC2)[nH]c(=O)c2cccnc12.N#Cc1ccc(N2CCNCC2)cc1. The second kappa shape index (κ2) is 9.59. The predicted octanol–water partition coefficient (Wildman–Crippen LogP) is 3.77. The van der Waals surface area contributed by atoms with Crippen LogP contribution in [0, 0.1) is 18.3 Å². The molecule has 1 fully saturated rings. The van der Waals surface area contributed by atoms with E-state index in [0.29, 0.717) is 5.39 Å². The zero-order chi connectivity index (χ0) is 21.6. The van der Waals surface area contributed by atoms with Crippen molar-refractivity contribution in [3.8, 4) is 6.07 Å². The molecule has 1 aromatic carbocycles. The number of hydrogen-bond donors (Lipinski definition) is 2. The minimum absolute atomic E-state index is 0.0403. The lowest BCUT2D eigenvalue weighted by atomic mass is 10.0. The van der Waals surface area contributed by atoms with Gasteiger partial charge in [0.2, 0.25) is 0 Å². The van der Waals surface area contributed by atoms with Crippen LogP contribution in [0.15, 0.2) is 53.5 Å². The van der Waals surface area contributed by atoms with Crippen molar-refractivity contribution < 1.29 is 0 Å². The van der Waals surface area contributed by atoms with E-state index in [9.17, 15) is 4.79 Å². The van der Waals surface area contributed by atoms with Crippen LogP contribution in [0.4, 0.5) is 5.69 Å². The molecule has 6 heteroatoms. The van der Waals surface area contributed by atoms with Gasteiger partial charge in [-0.3, -0.25) is 9.78 Å². The Hall–Kier alpha value is -3.43. The van der Waals surface area contributed by atoms with Gasteiger partial charge in [-0.25, -0.2) is 0 Å². The van der Waals surface area contributed by atoms with Crippen LogP contribution in [0.5, 0.6) is 0 Å². The van der Waals surface area contributed by atoms with Gasteiger partial charge in [0, 0.05) is 43.8 Å². The van der Waals surface area contributed by atoms with Crippen molar-refractivity contribution in [1.82, 2.24) is 15.3 Å². The number of aromatic amines is 1. The number of aryl methyl sites for hydroxylation is 1. The predicted molar refractivity (Wildman–Crippen MR) is 125 cm³/mol. The summed E-state index contributed by atoms with van der Waals surface area (Å²) in [7, 11) is 0. The van der Waals surface area contributed by atoms with E-state index in [-0.39, 0.29) is 5.56 Å². The molecule has 1 aliphatic heterocycles. The van der Waals surface area contributed by atoms with E-state index in [0.717, 1.165) is 61.4 Å². The van der Waals surface area contributed by atoms with Crippen molar-refractivity contribution in [2.75, 3.05) is 31.1 Å². The summed E-state index contributed by atoms with van der Waals surface area (Å²) in [6.45, 7) is 6.21. The molecule has 2 aliphatic rings. The number of aromatic nitrogens is 2. The molecule has 3 heterocycles. The van der Waals surface area contributed by atoms with Gasteiger partial charge >= 0.3 is 0 Å². The molecule has 0 saturated carbocycles. The maximum atomic E-state index is 12.0. The molecule has 2 aromatic heterocycles. The van der Waals surface area contributed by atoms with Gasteiger partial charge in [0.15, 0.2) is 0 Å². The fourth-order valence-electron chi connectivity index (χ4n) is 4.17. The van der Waals surface area contributed by atoms with Gasteiger partial charge in [-0.2, -0.15) is 5.26 Å². The Bertz CT molecular complexity index is 1180. The molecular formula is C25H27N5O. The average molecular weight is 414 g/mol. The summed E-state index contributed by atoms with van der Waals surface area (Å²) in [6, 6.07) is 13.5. The molecule has 2 N–H and O–H groups in total. The van der Waals surface area contributed by atoms with Crippen molar-refractivity contribution in [1.29, 1.82) is 5.26 Å². The van der Waals surface area contributed by atoms with Crippen LogP contribution in [0.3, 0.4) is 0 Å². The smallest absolute Gasteiger partial charge is 0.257 e. The Morgan fingerprint density at radius 1 is 1.13 bits per heavy atom. The molecular weight excluding hydrogens is 386 g/mol. The van der Waals surface area contributed by atoms with E-state index in [2.05, 4.69) is 32.3 Å². The molecule has 1 saturated heterocycles. The van der Waals surface area contributed by atoms with Gasteiger partial charge in [-0.15, -0.1) is 0 Å². The fourth-order valence-corrected chi connectivity index (χ4v) is 4.17. The lowest BCUT2D eigenvalue weighted by Crippen LogP contribution is -2.43. The zero-order valence-corrected chi connectivity index (χ0v) is 17.8. The summed E-state index contributed by atoms with van der Waals surface area (Å²) in [4.78, 5) is 21.6. The van der Waals surface area contributed by atoms with Crippen molar-refractivity contribution in [3.05, 3.63) is 75.8 Å². The lowest BCUT2D eigenvalue weighted by Gasteiger charge is -2.29. The van der Waals surface area contributed by atoms with Gasteiger partial charge in [-0.1, -0.05) is 6.08 Å². The second-order valence-corrected chi connectivity index (χ2v) is 7.87. The van der Waals surface area contributed by atoms with Crippen LogP contribution in [0.2, 0.25) is 0 Å². The van der Waals surface area contributed by atoms with E-state index in [1.165, 1.54) is 17.7 Å². The number of H-pyrrole nitrogens is 1. The van der Waals surface area contributed by atoms with Crippen LogP contribution in [-0.2, 0) is 0 Å². The molecule has 6 nitrogen and oxygen atoms in total. The molecule has 3 aromatic rings. The third-order valence-corrected chi connectivity index (χ3v) is 5.86. The first-order valence-corrected chi connectivity index (χ1v) is 10.8. The van der Waals surface area contributed by atoms with Gasteiger partial charge in [0.1, 0.15) is 0 Å². The Morgan fingerprint density at radius 3 is 2.58 bits per heavy atom. The van der Waals surface area contributed by atoms with Crippen LogP contribution < -0.4 is 15.8 Å². The topological polar surface area (TPSA) is 84.8 Å². The maximum absolute atomic E-state index is 12.0. The first kappa shape index (κ1) is 20.8. The molecule has 0 atom stereocenters. The molecule has 5 rings (SSSR count). The van der Waals surface area contributed by atoms with Crippen LogP contribution in [0.25, 0.3) is 16.5 Å². The number of anilines is 1. The number of pyridine rings is 2. The highest BCUT2D eigenvalue weighted by molar-refractivity contribution is 5.85. The number of piperazine rings is 1. The molecule has 31 heavy (non-hydrogen) atoms. The summed E-state index contributed by atoms with van der Waals surface area (Å²) in [5.74, 6) is 0. The summed E-state index contributed by atoms with van der Waals surface area (Å²) in [6.07, 6.45) is 7.29. The molecule has 158 valence electrons. The van der Waals surface area contributed by atoms with Crippen molar-refractivity contribution >= 4 is 22.2 Å². The summed E-state index contributed by atoms with van der Waals surface area (Å²) in [5, 5.41) is 12.7. The molecule has 0 unspecified atom stereocenters. The third-order valence-electron chi connectivity index (χ3n) is 5.86. The second-order valence-electron chi connectivity index (χ2n) is 7.87. The van der Waals surface area contributed by atoms with Gasteiger partial charge in [-0.05, 0) is 73.7 Å². The first-order valence-electron chi connectivity index (χ1n) is 10.8. The maximum Gasteiger partial charge on any atom is 0.257 e. The quantitative estimate of drug-likeness (QED) is 0.668. The largest absolute Gasteiger partial charge is 0.369 e. The number of nitrogens with zero attached hydrogens (tertiary/aromatic N) is 3. The average Bonchev–Trinajstić information content (AvgIpc) is 3.37. The number of nitrogens with one attached hydrogen (secondary N) is 2. The molecule has 0 radical (unpaired) electrons. The van der Waals surface area contributed by atoms with Crippen molar-refractivity contribution in [3.63, 3.8) is 0 Å². The number of benzene rings is 1. The summed E-state index contributed by atoms with van der Waals surface area (Å²) < 4.78 is 0. The number of nitriles is 1. The highest BCUT2D eigenvalue weighted by Gasteiger charge is 2.14. The normalized spacial score (nSPS) is 15.7. The van der Waals surface area contributed by atoms with Crippen molar-refractivity contribution in [2.24, 2.45) is 0 Å². The highest BCUT2D eigenvalue weighted by atomic mass is 16.1. The van der Waals surface area contributed by atoms with Gasteiger partial charge in [0.25, 0.3) is 5.56 Å². The van der Waals surface area contributed by atoms with E-state index < -0.39 is 0 Å². The zero-order valence-electron chi connectivity index (χ0n) is 17.8. The Morgan fingerprint density at radius 2 is 1.90 bits per heavy atom. The number of allylic oxidation sites excluding steroid dienone is 2. The fraction of sp³-hybridized carbons (Fsp3) is 0.320. The molecule has 0 bridgehead atoms. The van der Waals surface area contributed by atoms with Crippen LogP contribution >= 0.6 is 0 Å². The summed E-state index contributed by atoms with van der Waals surface area (Å²) in [5.41, 5.74) is 6.02. The minimum Gasteiger partial charge on any atom is -0.369 e. The Labute approximate surface area is 182 Å².